The van der Waals surface area contributed by atoms with Crippen LogP contribution in [-0.2, 0) is 13.2 Å². The molecule has 3 nitrogen and oxygen atoms in total. The second kappa shape index (κ2) is 7.82. The number of hydrogen-bond donors (Lipinski definition) is 1. The topological polar surface area (TPSA) is 30.5 Å². The van der Waals surface area contributed by atoms with E-state index in [1.807, 2.05) is 11.4 Å². The van der Waals surface area contributed by atoms with Crippen LogP contribution in [0.5, 0.6) is 11.5 Å². The van der Waals surface area contributed by atoms with Gasteiger partial charge < -0.3 is 14.8 Å². The number of rotatable bonds is 7. The van der Waals surface area contributed by atoms with Crippen molar-refractivity contribution in [2.75, 3.05) is 7.11 Å². The van der Waals surface area contributed by atoms with E-state index >= 15 is 0 Å². The first-order chi connectivity index (χ1) is 10.1. The predicted molar refractivity (Wildman–Crippen MR) is 91.3 cm³/mol. The molecule has 114 valence electrons. The fourth-order valence-corrected chi connectivity index (χ4v) is 3.12. The summed E-state index contributed by atoms with van der Waals surface area (Å²) in [5.41, 5.74) is 2.33. The Hall–Kier alpha value is -1.04. The van der Waals surface area contributed by atoms with Crippen molar-refractivity contribution in [3.05, 3.63) is 44.6 Å². The number of halogens is 1. The van der Waals surface area contributed by atoms with Crippen molar-refractivity contribution in [1.82, 2.24) is 5.32 Å². The smallest absolute Gasteiger partial charge is 0.175 e. The molecule has 0 aliphatic rings. The largest absolute Gasteiger partial charge is 0.493 e. The van der Waals surface area contributed by atoms with Crippen LogP contribution in [0.25, 0.3) is 0 Å². The summed E-state index contributed by atoms with van der Waals surface area (Å²) in [7, 11) is 1.67. The van der Waals surface area contributed by atoms with Crippen molar-refractivity contribution in [2.24, 2.45) is 0 Å². The lowest BCUT2D eigenvalue weighted by Gasteiger charge is -2.15. The van der Waals surface area contributed by atoms with Gasteiger partial charge in [0.05, 0.1) is 11.6 Å². The van der Waals surface area contributed by atoms with Crippen LogP contribution in [0.2, 0.25) is 0 Å². The van der Waals surface area contributed by atoms with E-state index in [-0.39, 0.29) is 0 Å². The molecule has 0 aliphatic heterocycles. The summed E-state index contributed by atoms with van der Waals surface area (Å²) in [6, 6.07) is 6.60. The number of benzene rings is 1. The van der Waals surface area contributed by atoms with Crippen LogP contribution < -0.4 is 14.8 Å². The van der Waals surface area contributed by atoms with Crippen molar-refractivity contribution in [3.8, 4) is 11.5 Å². The SMILES string of the molecule is COc1cc(CNC(C)C)cc(Br)c1OCc1ccsc1. The molecule has 2 rings (SSSR count). The molecule has 0 saturated heterocycles. The zero-order valence-electron chi connectivity index (χ0n) is 12.5. The maximum Gasteiger partial charge on any atom is 0.175 e. The van der Waals surface area contributed by atoms with E-state index in [9.17, 15) is 0 Å². The molecular formula is C16H20BrNO2S. The summed E-state index contributed by atoms with van der Waals surface area (Å²) in [6.45, 7) is 5.61. The Morgan fingerprint density at radius 2 is 2.10 bits per heavy atom. The highest BCUT2D eigenvalue weighted by Gasteiger charge is 2.12. The van der Waals surface area contributed by atoms with Gasteiger partial charge in [0.2, 0.25) is 0 Å². The van der Waals surface area contributed by atoms with Gasteiger partial charge in [-0.25, -0.2) is 0 Å². The van der Waals surface area contributed by atoms with Crippen molar-refractivity contribution < 1.29 is 9.47 Å². The summed E-state index contributed by atoms with van der Waals surface area (Å²) in [4.78, 5) is 0. The lowest BCUT2D eigenvalue weighted by Crippen LogP contribution is -2.21. The Balaban J connectivity index is 2.12. The van der Waals surface area contributed by atoms with Gasteiger partial charge in [-0.15, -0.1) is 0 Å². The van der Waals surface area contributed by atoms with Gasteiger partial charge in [-0.1, -0.05) is 13.8 Å². The maximum absolute atomic E-state index is 5.90. The number of methoxy groups -OCH3 is 1. The van der Waals surface area contributed by atoms with Crippen molar-refractivity contribution >= 4 is 27.3 Å². The molecule has 0 spiro atoms. The molecule has 1 heterocycles. The van der Waals surface area contributed by atoms with Gasteiger partial charge in [-0.05, 0) is 56.0 Å². The van der Waals surface area contributed by atoms with Gasteiger partial charge in [-0.3, -0.25) is 0 Å². The maximum atomic E-state index is 5.90. The van der Waals surface area contributed by atoms with Crippen LogP contribution in [0.1, 0.15) is 25.0 Å². The van der Waals surface area contributed by atoms with Crippen LogP contribution >= 0.6 is 27.3 Å². The quantitative estimate of drug-likeness (QED) is 0.773. The molecule has 1 aromatic heterocycles. The van der Waals surface area contributed by atoms with Crippen LogP contribution in [0.15, 0.2) is 33.4 Å². The second-order valence-electron chi connectivity index (χ2n) is 5.06. The molecule has 21 heavy (non-hydrogen) atoms. The van der Waals surface area contributed by atoms with Crippen molar-refractivity contribution in [1.29, 1.82) is 0 Å². The fraction of sp³-hybridized carbons (Fsp3) is 0.375. The molecule has 0 unspecified atom stereocenters. The van der Waals surface area contributed by atoms with Gasteiger partial charge >= 0.3 is 0 Å². The van der Waals surface area contributed by atoms with Crippen LogP contribution in [0.3, 0.4) is 0 Å². The third-order valence-electron chi connectivity index (χ3n) is 2.97. The summed E-state index contributed by atoms with van der Waals surface area (Å²) < 4.78 is 12.3. The Morgan fingerprint density at radius 1 is 1.29 bits per heavy atom. The van der Waals surface area contributed by atoms with E-state index in [2.05, 4.69) is 52.6 Å². The number of nitrogens with one attached hydrogen (secondary N) is 1. The minimum Gasteiger partial charge on any atom is -0.493 e. The number of hydrogen-bond acceptors (Lipinski definition) is 4. The molecule has 0 amide bonds. The van der Waals surface area contributed by atoms with E-state index in [0.29, 0.717) is 12.6 Å². The van der Waals surface area contributed by atoms with Crippen LogP contribution in [0.4, 0.5) is 0 Å². The summed E-state index contributed by atoms with van der Waals surface area (Å²) in [5, 5.41) is 7.53. The first-order valence-electron chi connectivity index (χ1n) is 6.83. The molecule has 0 fully saturated rings. The molecule has 1 N–H and O–H groups in total. The predicted octanol–water partition coefficient (Wildman–Crippen LogP) is 4.60. The van der Waals surface area contributed by atoms with Crippen LogP contribution in [0, 0.1) is 0 Å². The van der Waals surface area contributed by atoms with E-state index in [1.165, 1.54) is 5.56 Å². The molecule has 0 aliphatic carbocycles. The van der Waals surface area contributed by atoms with Gasteiger partial charge in [-0.2, -0.15) is 11.3 Å². The highest BCUT2D eigenvalue weighted by Crippen LogP contribution is 2.37. The molecule has 2 aromatic rings. The summed E-state index contributed by atoms with van der Waals surface area (Å²) >= 11 is 5.25. The second-order valence-corrected chi connectivity index (χ2v) is 6.70. The zero-order chi connectivity index (χ0) is 15.2. The minimum absolute atomic E-state index is 0.448. The first kappa shape index (κ1) is 16.3. The van der Waals surface area contributed by atoms with Gasteiger partial charge in [0, 0.05) is 12.6 Å². The monoisotopic (exact) mass is 369 g/mol. The first-order valence-corrected chi connectivity index (χ1v) is 8.57. The number of ether oxygens (including phenoxy) is 2. The van der Waals surface area contributed by atoms with Crippen molar-refractivity contribution in [3.63, 3.8) is 0 Å². The van der Waals surface area contributed by atoms with E-state index in [4.69, 9.17) is 9.47 Å². The lowest BCUT2D eigenvalue weighted by molar-refractivity contribution is 0.282. The van der Waals surface area contributed by atoms with E-state index in [1.54, 1.807) is 18.4 Å². The normalized spacial score (nSPS) is 10.9. The van der Waals surface area contributed by atoms with Gasteiger partial charge in [0.1, 0.15) is 6.61 Å². The molecule has 0 bridgehead atoms. The zero-order valence-corrected chi connectivity index (χ0v) is 14.9. The standard InChI is InChI=1S/C16H20BrNO2S/c1-11(2)18-8-13-6-14(17)16(15(7-13)19-3)20-9-12-4-5-21-10-12/h4-7,10-11,18H,8-9H2,1-3H3. The Bertz CT molecular complexity index is 570. The van der Waals surface area contributed by atoms with Crippen molar-refractivity contribution in [2.45, 2.75) is 33.0 Å². The third-order valence-corrected chi connectivity index (χ3v) is 4.29. The van der Waals surface area contributed by atoms with Gasteiger partial charge in [0.15, 0.2) is 11.5 Å². The fourth-order valence-electron chi connectivity index (χ4n) is 1.87. The molecule has 1 aromatic carbocycles. The molecule has 0 radical (unpaired) electrons. The molecular weight excluding hydrogens is 350 g/mol. The minimum atomic E-state index is 0.448. The Kier molecular flexibility index (Phi) is 6.08. The summed E-state index contributed by atoms with van der Waals surface area (Å²) in [6.07, 6.45) is 0. The Labute approximate surface area is 138 Å². The third kappa shape index (κ3) is 4.73. The Morgan fingerprint density at radius 3 is 2.71 bits per heavy atom. The highest BCUT2D eigenvalue weighted by atomic mass is 79.9. The van der Waals surface area contributed by atoms with E-state index in [0.717, 1.165) is 28.1 Å². The van der Waals surface area contributed by atoms with E-state index < -0.39 is 0 Å². The molecule has 0 saturated carbocycles. The number of thiophene rings is 1. The molecule has 0 atom stereocenters. The average Bonchev–Trinajstić information content (AvgIpc) is 2.96. The highest BCUT2D eigenvalue weighted by molar-refractivity contribution is 9.10. The molecule has 5 heteroatoms. The lowest BCUT2D eigenvalue weighted by atomic mass is 10.2. The van der Waals surface area contributed by atoms with Gasteiger partial charge in [0.25, 0.3) is 0 Å². The van der Waals surface area contributed by atoms with Crippen LogP contribution in [-0.4, -0.2) is 13.2 Å². The summed E-state index contributed by atoms with van der Waals surface area (Å²) in [5.74, 6) is 1.50. The average molecular weight is 370 g/mol.